The number of anilines is 1. The topological polar surface area (TPSA) is 71.1 Å². The van der Waals surface area contributed by atoms with Crippen LogP contribution in [0.25, 0.3) is 0 Å². The number of hydrogen-bond donors (Lipinski definition) is 2. The number of aromatic nitrogens is 1. The van der Waals surface area contributed by atoms with E-state index in [-0.39, 0.29) is 17.5 Å². The van der Waals surface area contributed by atoms with E-state index in [2.05, 4.69) is 21.5 Å². The van der Waals surface area contributed by atoms with Gasteiger partial charge in [0.25, 0.3) is 5.91 Å². The average Bonchev–Trinajstić information content (AvgIpc) is 3.00. The first-order valence-corrected chi connectivity index (χ1v) is 7.96. The number of hydrogen-bond acceptors (Lipinski definition) is 3. The molecule has 23 heavy (non-hydrogen) atoms. The Balaban J connectivity index is 1.97. The van der Waals surface area contributed by atoms with Gasteiger partial charge in [-0.15, -0.1) is 6.42 Å². The first kappa shape index (κ1) is 17.0. The standard InChI is InChI=1S/C18H23N3O2/c1-4-18(2,3)21-17(23)15-12-14(9-10-19-15)20-16(22)11-13-7-5-6-8-13/h1,9-10,12-13H,5-8,11H2,2-3H3,(H,21,23)(H,19,20,22). The Bertz CT molecular complexity index is 625. The third kappa shape index (κ3) is 5.10. The van der Waals surface area contributed by atoms with Gasteiger partial charge in [-0.2, -0.15) is 0 Å². The van der Waals surface area contributed by atoms with E-state index in [9.17, 15) is 9.59 Å². The van der Waals surface area contributed by atoms with Gasteiger partial charge in [0.05, 0.1) is 5.54 Å². The molecule has 1 aliphatic rings. The number of nitrogens with one attached hydrogen (secondary N) is 2. The van der Waals surface area contributed by atoms with Crippen LogP contribution in [0.5, 0.6) is 0 Å². The lowest BCUT2D eigenvalue weighted by Gasteiger charge is -2.19. The molecule has 2 N–H and O–H groups in total. The Kier molecular flexibility index (Phi) is 5.38. The van der Waals surface area contributed by atoms with Crippen molar-refractivity contribution in [2.24, 2.45) is 5.92 Å². The van der Waals surface area contributed by atoms with Crippen molar-refractivity contribution >= 4 is 17.5 Å². The van der Waals surface area contributed by atoms with Crippen LogP contribution in [0.1, 0.15) is 56.4 Å². The molecule has 5 nitrogen and oxygen atoms in total. The molecule has 122 valence electrons. The minimum absolute atomic E-state index is 0.0154. The highest BCUT2D eigenvalue weighted by molar-refractivity contribution is 5.96. The molecule has 1 heterocycles. The minimum atomic E-state index is -0.750. The molecule has 1 saturated carbocycles. The van der Waals surface area contributed by atoms with E-state index in [0.717, 1.165) is 12.8 Å². The first-order valence-electron chi connectivity index (χ1n) is 7.96. The van der Waals surface area contributed by atoms with Crippen LogP contribution in [0.4, 0.5) is 5.69 Å². The molecule has 2 rings (SSSR count). The van der Waals surface area contributed by atoms with Crippen LogP contribution in [-0.4, -0.2) is 22.3 Å². The quantitative estimate of drug-likeness (QED) is 0.821. The Hall–Kier alpha value is -2.35. The maximum absolute atomic E-state index is 12.2. The summed E-state index contributed by atoms with van der Waals surface area (Å²) in [4.78, 5) is 28.3. The van der Waals surface area contributed by atoms with E-state index < -0.39 is 5.54 Å². The maximum Gasteiger partial charge on any atom is 0.271 e. The van der Waals surface area contributed by atoms with Gasteiger partial charge in [0.1, 0.15) is 5.69 Å². The summed E-state index contributed by atoms with van der Waals surface area (Å²) in [5.74, 6) is 2.61. The van der Waals surface area contributed by atoms with Gasteiger partial charge in [-0.25, -0.2) is 0 Å². The molecule has 0 atom stereocenters. The molecule has 0 bridgehead atoms. The van der Waals surface area contributed by atoms with Crippen molar-refractivity contribution in [1.82, 2.24) is 10.3 Å². The molecule has 1 aromatic rings. The van der Waals surface area contributed by atoms with E-state index >= 15 is 0 Å². The zero-order valence-corrected chi connectivity index (χ0v) is 13.7. The molecule has 5 heteroatoms. The lowest BCUT2D eigenvalue weighted by molar-refractivity contribution is -0.117. The highest BCUT2D eigenvalue weighted by Gasteiger charge is 2.20. The second-order valence-corrected chi connectivity index (χ2v) is 6.56. The summed E-state index contributed by atoms with van der Waals surface area (Å²) < 4.78 is 0. The summed E-state index contributed by atoms with van der Waals surface area (Å²) in [6.07, 6.45) is 12.1. The summed E-state index contributed by atoms with van der Waals surface area (Å²) in [6, 6.07) is 3.24. The highest BCUT2D eigenvalue weighted by atomic mass is 16.2. The van der Waals surface area contributed by atoms with Gasteiger partial charge in [-0.3, -0.25) is 14.6 Å². The fourth-order valence-electron chi connectivity index (χ4n) is 2.71. The SMILES string of the molecule is C#CC(C)(C)NC(=O)c1cc(NC(=O)CC2CCCC2)ccn1. The van der Waals surface area contributed by atoms with Crippen molar-refractivity contribution < 1.29 is 9.59 Å². The van der Waals surface area contributed by atoms with Crippen molar-refractivity contribution in [2.75, 3.05) is 5.32 Å². The molecule has 1 fully saturated rings. The molecule has 0 aliphatic heterocycles. The van der Waals surface area contributed by atoms with Gasteiger partial charge in [0, 0.05) is 18.3 Å². The molecule has 0 aromatic carbocycles. The predicted molar refractivity (Wildman–Crippen MR) is 89.8 cm³/mol. The zero-order valence-electron chi connectivity index (χ0n) is 13.7. The molecular weight excluding hydrogens is 290 g/mol. The van der Waals surface area contributed by atoms with Crippen molar-refractivity contribution in [3.05, 3.63) is 24.0 Å². The predicted octanol–water partition coefficient (Wildman–Crippen LogP) is 2.74. The van der Waals surface area contributed by atoms with E-state index in [1.165, 1.54) is 19.0 Å². The molecule has 0 spiro atoms. The van der Waals surface area contributed by atoms with Crippen molar-refractivity contribution in [1.29, 1.82) is 0 Å². The maximum atomic E-state index is 12.2. The molecule has 0 saturated heterocycles. The van der Waals surface area contributed by atoms with E-state index in [1.54, 1.807) is 26.0 Å². The van der Waals surface area contributed by atoms with Crippen molar-refractivity contribution in [3.8, 4) is 12.3 Å². The third-order valence-corrected chi connectivity index (χ3v) is 4.01. The number of rotatable bonds is 5. The third-order valence-electron chi connectivity index (χ3n) is 4.01. The Morgan fingerprint density at radius 3 is 2.74 bits per heavy atom. The van der Waals surface area contributed by atoms with Gasteiger partial charge >= 0.3 is 0 Å². The number of pyridine rings is 1. The lowest BCUT2D eigenvalue weighted by atomic mass is 10.0. The van der Waals surface area contributed by atoms with E-state index in [0.29, 0.717) is 18.0 Å². The molecule has 0 radical (unpaired) electrons. The van der Waals surface area contributed by atoms with Crippen molar-refractivity contribution in [3.63, 3.8) is 0 Å². The normalized spacial score (nSPS) is 15.0. The van der Waals surface area contributed by atoms with Gasteiger partial charge in [-0.1, -0.05) is 18.8 Å². The fraction of sp³-hybridized carbons (Fsp3) is 0.500. The summed E-state index contributed by atoms with van der Waals surface area (Å²) in [5, 5.41) is 5.55. The molecular formula is C18H23N3O2. The van der Waals surface area contributed by atoms with Crippen LogP contribution in [0.2, 0.25) is 0 Å². The van der Waals surface area contributed by atoms with Crippen LogP contribution in [-0.2, 0) is 4.79 Å². The van der Waals surface area contributed by atoms with Gasteiger partial charge in [0.15, 0.2) is 0 Å². The van der Waals surface area contributed by atoms with Crippen LogP contribution < -0.4 is 10.6 Å². The second-order valence-electron chi connectivity index (χ2n) is 6.56. The van der Waals surface area contributed by atoms with Crippen LogP contribution >= 0.6 is 0 Å². The monoisotopic (exact) mass is 313 g/mol. The van der Waals surface area contributed by atoms with Crippen LogP contribution in [0, 0.1) is 18.3 Å². The second kappa shape index (κ2) is 7.28. The summed E-state index contributed by atoms with van der Waals surface area (Å²) in [5.41, 5.74) is 0.0548. The first-order chi connectivity index (χ1) is 10.9. The number of carbonyl (C=O) groups is 2. The molecule has 2 amide bonds. The van der Waals surface area contributed by atoms with Crippen molar-refractivity contribution in [2.45, 2.75) is 51.5 Å². The van der Waals surface area contributed by atoms with E-state index in [4.69, 9.17) is 6.42 Å². The smallest absolute Gasteiger partial charge is 0.271 e. The zero-order chi connectivity index (χ0) is 16.9. The minimum Gasteiger partial charge on any atom is -0.335 e. The number of terminal acetylenes is 1. The van der Waals surface area contributed by atoms with Gasteiger partial charge in [-0.05, 0) is 44.7 Å². The summed E-state index contributed by atoms with van der Waals surface area (Å²) in [6.45, 7) is 3.47. The Morgan fingerprint density at radius 2 is 2.09 bits per heavy atom. The lowest BCUT2D eigenvalue weighted by Crippen LogP contribution is -2.42. The summed E-state index contributed by atoms with van der Waals surface area (Å²) in [7, 11) is 0. The number of nitrogens with zero attached hydrogens (tertiary/aromatic N) is 1. The molecule has 0 unspecified atom stereocenters. The van der Waals surface area contributed by atoms with E-state index in [1.807, 2.05) is 0 Å². The number of amides is 2. The average molecular weight is 313 g/mol. The molecule has 1 aliphatic carbocycles. The molecule has 1 aromatic heterocycles. The fourth-order valence-corrected chi connectivity index (χ4v) is 2.71. The van der Waals surface area contributed by atoms with Gasteiger partial charge < -0.3 is 10.6 Å². The Labute approximate surface area is 137 Å². The summed E-state index contributed by atoms with van der Waals surface area (Å²) >= 11 is 0. The number of carbonyl (C=O) groups excluding carboxylic acids is 2. The van der Waals surface area contributed by atoms with Crippen LogP contribution in [0.3, 0.4) is 0 Å². The highest BCUT2D eigenvalue weighted by Crippen LogP contribution is 2.27. The van der Waals surface area contributed by atoms with Crippen LogP contribution in [0.15, 0.2) is 18.3 Å². The largest absolute Gasteiger partial charge is 0.335 e. The Morgan fingerprint density at radius 1 is 1.39 bits per heavy atom. The van der Waals surface area contributed by atoms with Gasteiger partial charge in [0.2, 0.25) is 5.91 Å².